The molecule has 0 unspecified atom stereocenters. The van der Waals surface area contributed by atoms with Crippen LogP contribution in [0.25, 0.3) is 0 Å². The zero-order chi connectivity index (χ0) is 13.4. The molecular formula is C14H21NO3. The number of hydrogen-bond donors (Lipinski definition) is 3. The van der Waals surface area contributed by atoms with Crippen molar-refractivity contribution in [3.8, 4) is 11.5 Å². The van der Waals surface area contributed by atoms with E-state index in [1.165, 1.54) is 37.5 Å². The van der Waals surface area contributed by atoms with E-state index in [0.29, 0.717) is 17.7 Å². The molecule has 0 atom stereocenters. The van der Waals surface area contributed by atoms with Gasteiger partial charge in [-0.1, -0.05) is 37.8 Å². The van der Waals surface area contributed by atoms with Gasteiger partial charge in [0.15, 0.2) is 0 Å². The van der Waals surface area contributed by atoms with Crippen molar-refractivity contribution in [1.29, 1.82) is 0 Å². The van der Waals surface area contributed by atoms with Crippen LogP contribution in [0.3, 0.4) is 0 Å². The first-order valence-corrected chi connectivity index (χ1v) is 6.42. The van der Waals surface area contributed by atoms with E-state index in [1.807, 2.05) is 0 Å². The van der Waals surface area contributed by atoms with Crippen molar-refractivity contribution in [2.75, 3.05) is 0 Å². The van der Waals surface area contributed by atoms with Crippen LogP contribution < -0.4 is 0 Å². The number of phenols is 2. The number of benzene rings is 1. The van der Waals surface area contributed by atoms with Crippen LogP contribution in [-0.4, -0.2) is 21.1 Å². The predicted molar refractivity (Wildman–Crippen MR) is 71.5 cm³/mol. The summed E-state index contributed by atoms with van der Waals surface area (Å²) in [5.74, 6) is 0.0732. The largest absolute Gasteiger partial charge is 0.508 e. The molecule has 4 nitrogen and oxygen atoms in total. The number of unbranched alkanes of at least 4 members (excludes halogenated alkanes) is 4. The fourth-order valence-electron chi connectivity index (χ4n) is 1.89. The van der Waals surface area contributed by atoms with Crippen LogP contribution in [-0.2, 0) is 0 Å². The van der Waals surface area contributed by atoms with Gasteiger partial charge in [0.2, 0.25) is 0 Å². The summed E-state index contributed by atoms with van der Waals surface area (Å²) in [6.45, 7) is 2.16. The van der Waals surface area contributed by atoms with E-state index in [0.717, 1.165) is 12.8 Å². The third-order valence-corrected chi connectivity index (χ3v) is 2.93. The van der Waals surface area contributed by atoms with E-state index < -0.39 is 0 Å². The minimum Gasteiger partial charge on any atom is -0.508 e. The van der Waals surface area contributed by atoms with Crippen molar-refractivity contribution in [3.63, 3.8) is 0 Å². The first-order chi connectivity index (χ1) is 8.69. The Hall–Kier alpha value is -1.71. The molecular weight excluding hydrogens is 230 g/mol. The highest BCUT2D eigenvalue weighted by Gasteiger charge is 2.10. The standard InChI is InChI=1S/C14H21NO3/c1-2-3-4-5-6-7-13(15-18)12-10-11(16)8-9-14(12)17/h8-10,16-18H,2-7H2,1H3/b15-13-. The highest BCUT2D eigenvalue weighted by atomic mass is 16.4. The van der Waals surface area contributed by atoms with Crippen LogP contribution in [0.1, 0.15) is 51.0 Å². The zero-order valence-corrected chi connectivity index (χ0v) is 10.8. The molecule has 0 aliphatic rings. The summed E-state index contributed by atoms with van der Waals surface area (Å²) in [4.78, 5) is 0. The van der Waals surface area contributed by atoms with Crippen LogP contribution in [0, 0.1) is 0 Å². The lowest BCUT2D eigenvalue weighted by atomic mass is 10.0. The molecule has 1 aromatic rings. The van der Waals surface area contributed by atoms with Crippen LogP contribution in [0.15, 0.2) is 23.4 Å². The number of nitrogens with zero attached hydrogens (tertiary/aromatic N) is 1. The molecule has 0 amide bonds. The summed E-state index contributed by atoms with van der Waals surface area (Å²) in [6, 6.07) is 4.21. The van der Waals surface area contributed by atoms with Gasteiger partial charge in [0.05, 0.1) is 5.71 Å². The topological polar surface area (TPSA) is 73.1 Å². The molecule has 1 rings (SSSR count). The highest BCUT2D eigenvalue weighted by Crippen LogP contribution is 2.24. The summed E-state index contributed by atoms with van der Waals surface area (Å²) in [5, 5.41) is 31.3. The Morgan fingerprint density at radius 2 is 1.83 bits per heavy atom. The van der Waals surface area contributed by atoms with Crippen LogP contribution in [0.5, 0.6) is 11.5 Å². The molecule has 4 heteroatoms. The fraction of sp³-hybridized carbons (Fsp3) is 0.500. The van der Waals surface area contributed by atoms with Crippen molar-refractivity contribution >= 4 is 5.71 Å². The van der Waals surface area contributed by atoms with Crippen molar-refractivity contribution < 1.29 is 15.4 Å². The smallest absolute Gasteiger partial charge is 0.125 e. The molecule has 0 saturated carbocycles. The molecule has 0 heterocycles. The second-order valence-corrected chi connectivity index (χ2v) is 4.41. The van der Waals surface area contributed by atoms with Crippen LogP contribution in [0.4, 0.5) is 0 Å². The number of aromatic hydroxyl groups is 2. The van der Waals surface area contributed by atoms with Gasteiger partial charge in [-0.15, -0.1) is 0 Å². The fourth-order valence-corrected chi connectivity index (χ4v) is 1.89. The zero-order valence-electron chi connectivity index (χ0n) is 10.8. The quantitative estimate of drug-likeness (QED) is 0.228. The van der Waals surface area contributed by atoms with Gasteiger partial charge in [-0.3, -0.25) is 0 Å². The van der Waals surface area contributed by atoms with Gasteiger partial charge in [-0.25, -0.2) is 0 Å². The lowest BCUT2D eigenvalue weighted by Gasteiger charge is -2.07. The Balaban J connectivity index is 2.58. The molecule has 0 saturated heterocycles. The molecule has 0 fully saturated rings. The van der Waals surface area contributed by atoms with E-state index in [-0.39, 0.29) is 11.5 Å². The van der Waals surface area contributed by atoms with E-state index in [1.54, 1.807) is 0 Å². The van der Waals surface area contributed by atoms with Gasteiger partial charge in [-0.2, -0.15) is 0 Å². The minimum atomic E-state index is 0.0224. The summed E-state index contributed by atoms with van der Waals surface area (Å²) in [7, 11) is 0. The van der Waals surface area contributed by atoms with E-state index >= 15 is 0 Å². The molecule has 0 radical (unpaired) electrons. The average molecular weight is 251 g/mol. The van der Waals surface area contributed by atoms with Crippen molar-refractivity contribution in [2.45, 2.75) is 45.4 Å². The third-order valence-electron chi connectivity index (χ3n) is 2.93. The van der Waals surface area contributed by atoms with Crippen LogP contribution in [0.2, 0.25) is 0 Å². The normalized spacial score (nSPS) is 11.7. The maximum Gasteiger partial charge on any atom is 0.125 e. The lowest BCUT2D eigenvalue weighted by Crippen LogP contribution is -2.01. The third kappa shape index (κ3) is 4.28. The molecule has 0 bridgehead atoms. The Kier molecular flexibility index (Phi) is 6.05. The monoisotopic (exact) mass is 251 g/mol. The summed E-state index contributed by atoms with van der Waals surface area (Å²) in [5.41, 5.74) is 0.813. The first-order valence-electron chi connectivity index (χ1n) is 6.42. The van der Waals surface area contributed by atoms with E-state index in [4.69, 9.17) is 5.21 Å². The van der Waals surface area contributed by atoms with Crippen molar-refractivity contribution in [2.24, 2.45) is 5.16 Å². The average Bonchev–Trinajstić information content (AvgIpc) is 2.37. The summed E-state index contributed by atoms with van der Waals surface area (Å²) >= 11 is 0. The van der Waals surface area contributed by atoms with Crippen molar-refractivity contribution in [1.82, 2.24) is 0 Å². The van der Waals surface area contributed by atoms with E-state index in [2.05, 4.69) is 12.1 Å². The highest BCUT2D eigenvalue weighted by molar-refractivity contribution is 6.02. The van der Waals surface area contributed by atoms with Gasteiger partial charge in [-0.05, 0) is 31.0 Å². The molecule has 0 aliphatic heterocycles. The van der Waals surface area contributed by atoms with Gasteiger partial charge in [0, 0.05) is 5.56 Å². The van der Waals surface area contributed by atoms with Crippen molar-refractivity contribution in [3.05, 3.63) is 23.8 Å². The minimum absolute atomic E-state index is 0.0224. The number of oxime groups is 1. The lowest BCUT2D eigenvalue weighted by molar-refractivity contribution is 0.317. The Morgan fingerprint density at radius 3 is 2.50 bits per heavy atom. The molecule has 18 heavy (non-hydrogen) atoms. The Labute approximate surface area is 108 Å². The van der Waals surface area contributed by atoms with Gasteiger partial charge in [0.1, 0.15) is 11.5 Å². The maximum absolute atomic E-state index is 9.67. The molecule has 0 aliphatic carbocycles. The number of rotatable bonds is 7. The Morgan fingerprint density at radius 1 is 1.11 bits per heavy atom. The number of phenolic OH excluding ortho intramolecular Hbond substituents is 2. The molecule has 0 spiro atoms. The first kappa shape index (κ1) is 14.4. The molecule has 1 aromatic carbocycles. The van der Waals surface area contributed by atoms with Gasteiger partial charge in [0.25, 0.3) is 0 Å². The predicted octanol–water partition coefficient (Wildman–Crippen LogP) is 3.64. The SMILES string of the molecule is CCCCCCC/C(=N/O)c1cc(O)ccc1O. The Bertz CT molecular complexity index is 402. The molecule has 0 aromatic heterocycles. The maximum atomic E-state index is 9.67. The summed E-state index contributed by atoms with van der Waals surface area (Å²) in [6.07, 6.45) is 6.15. The second kappa shape index (κ2) is 7.58. The number of hydrogen-bond acceptors (Lipinski definition) is 4. The molecule has 100 valence electrons. The second-order valence-electron chi connectivity index (χ2n) is 4.41. The van der Waals surface area contributed by atoms with E-state index in [9.17, 15) is 10.2 Å². The van der Waals surface area contributed by atoms with Gasteiger partial charge < -0.3 is 15.4 Å². The van der Waals surface area contributed by atoms with Gasteiger partial charge >= 0.3 is 0 Å². The molecule has 3 N–H and O–H groups in total. The summed E-state index contributed by atoms with van der Waals surface area (Å²) < 4.78 is 0. The van der Waals surface area contributed by atoms with Crippen LogP contribution >= 0.6 is 0 Å².